The zero-order chi connectivity index (χ0) is 26.1. The van der Waals surface area contributed by atoms with E-state index < -0.39 is 0 Å². The van der Waals surface area contributed by atoms with Gasteiger partial charge in [0, 0.05) is 62.5 Å². The number of aromatic amines is 1. The maximum Gasteiger partial charge on any atom is 0.249 e. The fraction of sp³-hybridized carbons (Fsp3) is 0.241. The van der Waals surface area contributed by atoms with Crippen LogP contribution in [0, 0.1) is 0 Å². The van der Waals surface area contributed by atoms with Crippen molar-refractivity contribution in [2.45, 2.75) is 38.7 Å². The fourth-order valence-corrected chi connectivity index (χ4v) is 7.24. The van der Waals surface area contributed by atoms with Crippen molar-refractivity contribution in [3.05, 3.63) is 94.7 Å². The molecule has 1 fully saturated rings. The van der Waals surface area contributed by atoms with Crippen LogP contribution >= 0.6 is 23.5 Å². The maximum atomic E-state index is 11.8. The van der Waals surface area contributed by atoms with E-state index in [1.165, 1.54) is 25.1 Å². The summed E-state index contributed by atoms with van der Waals surface area (Å²) in [6.07, 6.45) is 5.22. The summed E-state index contributed by atoms with van der Waals surface area (Å²) in [5.41, 5.74) is 4.17. The third-order valence-electron chi connectivity index (χ3n) is 6.78. The molecule has 9 heteroatoms. The lowest BCUT2D eigenvalue weighted by Gasteiger charge is -2.36. The minimum Gasteiger partial charge on any atom is -0.495 e. The van der Waals surface area contributed by atoms with E-state index in [0.717, 1.165) is 29.2 Å². The van der Waals surface area contributed by atoms with Crippen molar-refractivity contribution in [3.63, 3.8) is 0 Å². The molecular weight excluding hydrogens is 516 g/mol. The van der Waals surface area contributed by atoms with Crippen molar-refractivity contribution in [2.75, 3.05) is 37.0 Å². The highest BCUT2D eigenvalue weighted by Gasteiger charge is 2.28. The van der Waals surface area contributed by atoms with E-state index in [2.05, 4.69) is 63.5 Å². The molecule has 38 heavy (non-hydrogen) atoms. The second-order valence-corrected chi connectivity index (χ2v) is 11.4. The number of hydrogen-bond acceptors (Lipinski definition) is 8. The lowest BCUT2D eigenvalue weighted by molar-refractivity contribution is 0.0379. The topological polar surface area (TPSA) is 79.5 Å². The highest BCUT2D eigenvalue weighted by atomic mass is 32.2. The van der Waals surface area contributed by atoms with Crippen LogP contribution in [0.1, 0.15) is 30.2 Å². The Hall–Kier alpha value is -3.40. The summed E-state index contributed by atoms with van der Waals surface area (Å²) < 4.78 is 11.6. The predicted octanol–water partition coefficient (Wildman–Crippen LogP) is 6.15. The Labute approximate surface area is 230 Å². The zero-order valence-corrected chi connectivity index (χ0v) is 22.8. The molecule has 7 nitrogen and oxygen atoms in total. The molecule has 4 heterocycles. The SMILES string of the molecule is COc1cncc(C(C)Nc2ccc3c(c2)Sc2cccc(C4CN(c5cc[nH]c(=O)c5)CCO4)c2S3)c1. The Morgan fingerprint density at radius 3 is 2.89 bits per heavy atom. The van der Waals surface area contributed by atoms with E-state index in [1.54, 1.807) is 49.1 Å². The molecule has 0 spiro atoms. The third kappa shape index (κ3) is 5.14. The zero-order valence-electron chi connectivity index (χ0n) is 21.1. The monoisotopic (exact) mass is 544 g/mol. The summed E-state index contributed by atoms with van der Waals surface area (Å²) in [6, 6.07) is 18.7. The van der Waals surface area contributed by atoms with Crippen molar-refractivity contribution in [1.82, 2.24) is 9.97 Å². The molecule has 4 aromatic rings. The Kier molecular flexibility index (Phi) is 7.06. The normalized spacial score (nSPS) is 17.3. The first-order chi connectivity index (χ1) is 18.6. The summed E-state index contributed by atoms with van der Waals surface area (Å²) in [5, 5.41) is 3.60. The van der Waals surface area contributed by atoms with Gasteiger partial charge in [0.25, 0.3) is 0 Å². The van der Waals surface area contributed by atoms with Crippen LogP contribution in [0.4, 0.5) is 11.4 Å². The van der Waals surface area contributed by atoms with Gasteiger partial charge in [-0.25, -0.2) is 0 Å². The van der Waals surface area contributed by atoms with Crippen LogP contribution in [0.15, 0.2) is 97.6 Å². The molecule has 2 aliphatic rings. The smallest absolute Gasteiger partial charge is 0.249 e. The molecule has 0 amide bonds. The highest BCUT2D eigenvalue weighted by Crippen LogP contribution is 2.52. The van der Waals surface area contributed by atoms with Gasteiger partial charge in [-0.15, -0.1) is 0 Å². The van der Waals surface area contributed by atoms with Crippen molar-refractivity contribution < 1.29 is 9.47 Å². The number of methoxy groups -OCH3 is 1. The number of H-pyrrole nitrogens is 1. The summed E-state index contributed by atoms with van der Waals surface area (Å²) in [5.74, 6) is 0.753. The van der Waals surface area contributed by atoms with Crippen LogP contribution in [0.3, 0.4) is 0 Å². The van der Waals surface area contributed by atoms with Gasteiger partial charge in [-0.2, -0.15) is 0 Å². The molecule has 0 aliphatic carbocycles. The van der Waals surface area contributed by atoms with Gasteiger partial charge < -0.3 is 24.7 Å². The average Bonchev–Trinajstić information content (AvgIpc) is 2.96. The Morgan fingerprint density at radius 2 is 2.03 bits per heavy atom. The Bertz CT molecular complexity index is 1530. The van der Waals surface area contributed by atoms with Crippen LogP contribution in [0.5, 0.6) is 5.75 Å². The minimum atomic E-state index is -0.0883. The number of ether oxygens (including phenoxy) is 2. The van der Waals surface area contributed by atoms with E-state index >= 15 is 0 Å². The second kappa shape index (κ2) is 10.8. The van der Waals surface area contributed by atoms with E-state index in [9.17, 15) is 4.79 Å². The van der Waals surface area contributed by atoms with Crippen LogP contribution in [-0.2, 0) is 4.74 Å². The fourth-order valence-electron chi connectivity index (χ4n) is 4.79. The first-order valence-electron chi connectivity index (χ1n) is 12.5. The molecule has 2 aromatic heterocycles. The van der Waals surface area contributed by atoms with Crippen molar-refractivity contribution in [2.24, 2.45) is 0 Å². The molecule has 2 N–H and O–H groups in total. The number of morpholine rings is 1. The number of fused-ring (bicyclic) bond motifs is 2. The molecule has 2 aromatic carbocycles. The van der Waals surface area contributed by atoms with Gasteiger partial charge in [0.05, 0.1) is 26.0 Å². The van der Waals surface area contributed by atoms with Gasteiger partial charge in [0.1, 0.15) is 11.9 Å². The van der Waals surface area contributed by atoms with E-state index in [4.69, 9.17) is 9.47 Å². The number of benzene rings is 2. The van der Waals surface area contributed by atoms with Gasteiger partial charge in [-0.3, -0.25) is 9.78 Å². The third-order valence-corrected chi connectivity index (χ3v) is 9.39. The largest absolute Gasteiger partial charge is 0.495 e. The van der Waals surface area contributed by atoms with Crippen molar-refractivity contribution in [1.29, 1.82) is 0 Å². The average molecular weight is 545 g/mol. The maximum absolute atomic E-state index is 11.8. The van der Waals surface area contributed by atoms with Crippen LogP contribution in [-0.4, -0.2) is 36.8 Å². The van der Waals surface area contributed by atoms with Crippen LogP contribution in [0.2, 0.25) is 0 Å². The number of pyridine rings is 2. The molecule has 1 saturated heterocycles. The van der Waals surface area contributed by atoms with Gasteiger partial charge in [0.2, 0.25) is 5.56 Å². The lowest BCUT2D eigenvalue weighted by Crippen LogP contribution is -2.39. The minimum absolute atomic E-state index is 0.0640. The van der Waals surface area contributed by atoms with E-state index in [-0.39, 0.29) is 17.7 Å². The van der Waals surface area contributed by atoms with Gasteiger partial charge in [0.15, 0.2) is 0 Å². The predicted molar refractivity (Wildman–Crippen MR) is 152 cm³/mol. The molecule has 194 valence electrons. The Morgan fingerprint density at radius 1 is 1.11 bits per heavy atom. The quantitative estimate of drug-likeness (QED) is 0.264. The lowest BCUT2D eigenvalue weighted by atomic mass is 10.1. The number of aromatic nitrogens is 2. The summed E-state index contributed by atoms with van der Waals surface area (Å²) in [6.45, 7) is 4.21. The van der Waals surface area contributed by atoms with Crippen molar-refractivity contribution >= 4 is 34.9 Å². The summed E-state index contributed by atoms with van der Waals surface area (Å²) in [7, 11) is 1.66. The first kappa shape index (κ1) is 24.9. The second-order valence-electron chi connectivity index (χ2n) is 9.28. The van der Waals surface area contributed by atoms with Crippen LogP contribution < -0.4 is 20.5 Å². The van der Waals surface area contributed by atoms with Gasteiger partial charge >= 0.3 is 0 Å². The highest BCUT2D eigenvalue weighted by molar-refractivity contribution is 8.05. The number of nitrogens with zero attached hydrogens (tertiary/aromatic N) is 2. The molecule has 0 saturated carbocycles. The molecule has 0 radical (unpaired) electrons. The van der Waals surface area contributed by atoms with E-state index in [1.807, 2.05) is 18.3 Å². The molecule has 2 unspecified atom stereocenters. The van der Waals surface area contributed by atoms with Crippen molar-refractivity contribution in [3.8, 4) is 5.75 Å². The first-order valence-corrected chi connectivity index (χ1v) is 14.1. The Balaban J connectivity index is 1.21. The summed E-state index contributed by atoms with van der Waals surface area (Å²) in [4.78, 5) is 26.0. The van der Waals surface area contributed by atoms with Gasteiger partial charge in [-0.05, 0) is 54.4 Å². The van der Waals surface area contributed by atoms with Crippen LogP contribution in [0.25, 0.3) is 0 Å². The number of rotatable bonds is 6. The number of hydrogen-bond donors (Lipinski definition) is 2. The standard InChI is InChI=1S/C29H28N4O3S2/c1-18(19-12-22(35-2)16-30-15-19)32-20-6-7-25-27(13-20)37-26-5-3-4-23(29(26)38-25)24-17-33(10-11-36-24)21-8-9-31-28(34)14-21/h3-9,12-16,18,24,32H,10-11,17H2,1-2H3,(H,31,34). The molecule has 0 bridgehead atoms. The molecule has 6 rings (SSSR count). The molecule has 2 aliphatic heterocycles. The molecule has 2 atom stereocenters. The molecular formula is C29H28N4O3S2. The number of anilines is 2. The summed E-state index contributed by atoms with van der Waals surface area (Å²) >= 11 is 3.60. The van der Waals surface area contributed by atoms with E-state index in [0.29, 0.717) is 13.2 Å². The number of nitrogens with one attached hydrogen (secondary N) is 2. The van der Waals surface area contributed by atoms with Gasteiger partial charge in [-0.1, -0.05) is 35.7 Å².